The molecule has 29 heavy (non-hydrogen) atoms. The fraction of sp³-hybridized carbons (Fsp3) is 0. The Morgan fingerprint density at radius 1 is 0.828 bits per heavy atom. The van der Waals surface area contributed by atoms with Gasteiger partial charge in [0, 0.05) is 17.3 Å². The maximum absolute atomic E-state index is 13.2. The molecular formula is C22H15N5OS. The normalized spacial score (nSPS) is 10.9. The van der Waals surface area contributed by atoms with Crippen molar-refractivity contribution >= 4 is 28.8 Å². The van der Waals surface area contributed by atoms with Crippen molar-refractivity contribution in [2.24, 2.45) is 0 Å². The van der Waals surface area contributed by atoms with E-state index in [1.54, 1.807) is 4.40 Å². The average Bonchev–Trinajstić information content (AvgIpc) is 3.40. The Morgan fingerprint density at radius 3 is 2.28 bits per heavy atom. The fourth-order valence-electron chi connectivity index (χ4n) is 3.05. The van der Waals surface area contributed by atoms with Gasteiger partial charge in [0.05, 0.1) is 5.69 Å². The van der Waals surface area contributed by atoms with Gasteiger partial charge in [0.15, 0.2) is 5.65 Å². The lowest BCUT2D eigenvalue weighted by Gasteiger charge is -2.04. The Morgan fingerprint density at radius 2 is 1.52 bits per heavy atom. The summed E-state index contributed by atoms with van der Waals surface area (Å²) in [4.78, 5) is 18.5. The molecule has 1 N–H and O–H groups in total. The number of benzene rings is 2. The van der Waals surface area contributed by atoms with E-state index in [4.69, 9.17) is 4.98 Å². The highest BCUT2D eigenvalue weighted by Gasteiger charge is 2.21. The van der Waals surface area contributed by atoms with E-state index in [1.807, 2.05) is 85.1 Å². The fourth-order valence-corrected chi connectivity index (χ4v) is 4.04. The van der Waals surface area contributed by atoms with Gasteiger partial charge in [0.1, 0.15) is 9.88 Å². The van der Waals surface area contributed by atoms with Gasteiger partial charge in [-0.3, -0.25) is 14.5 Å². The molecule has 3 aromatic heterocycles. The lowest BCUT2D eigenvalue weighted by Crippen LogP contribution is -2.13. The molecule has 140 valence electrons. The van der Waals surface area contributed by atoms with Crippen molar-refractivity contribution in [2.75, 3.05) is 5.32 Å². The van der Waals surface area contributed by atoms with Gasteiger partial charge in [-0.25, -0.2) is 4.98 Å². The van der Waals surface area contributed by atoms with E-state index >= 15 is 0 Å². The van der Waals surface area contributed by atoms with Crippen LogP contribution in [0.1, 0.15) is 9.67 Å². The summed E-state index contributed by atoms with van der Waals surface area (Å²) in [5.41, 5.74) is 3.19. The molecule has 0 unspecified atom stereocenters. The molecule has 0 saturated carbocycles. The maximum Gasteiger partial charge on any atom is 0.270 e. The van der Waals surface area contributed by atoms with Crippen LogP contribution in [0.15, 0.2) is 85.1 Å². The van der Waals surface area contributed by atoms with Gasteiger partial charge in [0.25, 0.3) is 5.91 Å². The molecule has 0 bridgehead atoms. The number of nitrogens with one attached hydrogen (secondary N) is 1. The maximum atomic E-state index is 13.2. The zero-order chi connectivity index (χ0) is 19.6. The predicted octanol–water partition coefficient (Wildman–Crippen LogP) is 4.77. The summed E-state index contributed by atoms with van der Waals surface area (Å²) in [6.45, 7) is 0. The molecule has 0 spiro atoms. The number of carbonyl (C=O) groups excluding carboxylic acids is 1. The van der Waals surface area contributed by atoms with Crippen LogP contribution in [-0.4, -0.2) is 25.5 Å². The van der Waals surface area contributed by atoms with Crippen LogP contribution >= 0.6 is 11.3 Å². The quantitative estimate of drug-likeness (QED) is 0.474. The van der Waals surface area contributed by atoms with Crippen LogP contribution in [-0.2, 0) is 0 Å². The molecule has 0 atom stereocenters. The largest absolute Gasteiger partial charge is 0.289 e. The molecule has 0 aliphatic heterocycles. The third-order valence-electron chi connectivity index (χ3n) is 4.44. The summed E-state index contributed by atoms with van der Waals surface area (Å²) in [6.07, 6.45) is 1.81. The van der Waals surface area contributed by atoms with E-state index in [-0.39, 0.29) is 5.91 Å². The van der Waals surface area contributed by atoms with E-state index in [0.717, 1.165) is 16.1 Å². The summed E-state index contributed by atoms with van der Waals surface area (Å²) < 4.78 is 1.74. The van der Waals surface area contributed by atoms with Crippen molar-refractivity contribution in [3.63, 3.8) is 0 Å². The third kappa shape index (κ3) is 3.28. The lowest BCUT2D eigenvalue weighted by atomic mass is 10.1. The second kappa shape index (κ2) is 7.29. The summed E-state index contributed by atoms with van der Waals surface area (Å²) in [6, 6.07) is 25.1. The highest BCUT2D eigenvalue weighted by Crippen LogP contribution is 2.34. The Hall–Kier alpha value is -3.84. The molecular weight excluding hydrogens is 382 g/mol. The molecule has 6 nitrogen and oxygen atoms in total. The number of fused-ring (bicyclic) bond motifs is 1. The Kier molecular flexibility index (Phi) is 4.34. The summed E-state index contributed by atoms with van der Waals surface area (Å²) in [7, 11) is 0. The molecule has 0 radical (unpaired) electrons. The number of hydrogen-bond donors (Lipinski definition) is 1. The van der Waals surface area contributed by atoms with Gasteiger partial charge in [-0.05, 0) is 12.1 Å². The monoisotopic (exact) mass is 397 g/mol. The van der Waals surface area contributed by atoms with Crippen LogP contribution in [0.3, 0.4) is 0 Å². The molecule has 0 aliphatic rings. The van der Waals surface area contributed by atoms with Gasteiger partial charge >= 0.3 is 0 Å². The first kappa shape index (κ1) is 17.3. The standard InChI is InChI=1S/C22H15N5OS/c28-20(24-22-26-25-17-13-7-8-14-27(17)22)19-18(15-9-3-1-4-10-15)23-21(29-19)16-11-5-2-6-12-16/h1-14H,(H,24,26,28). The van der Waals surface area contributed by atoms with Crippen molar-refractivity contribution in [1.82, 2.24) is 19.6 Å². The van der Waals surface area contributed by atoms with E-state index in [9.17, 15) is 4.79 Å². The van der Waals surface area contributed by atoms with E-state index in [1.165, 1.54) is 11.3 Å². The van der Waals surface area contributed by atoms with Crippen molar-refractivity contribution < 1.29 is 4.79 Å². The topological polar surface area (TPSA) is 72.2 Å². The first-order valence-electron chi connectivity index (χ1n) is 9.02. The number of pyridine rings is 1. The Balaban J connectivity index is 1.57. The molecule has 5 aromatic rings. The summed E-state index contributed by atoms with van der Waals surface area (Å²) >= 11 is 1.36. The minimum absolute atomic E-state index is 0.262. The van der Waals surface area contributed by atoms with Crippen LogP contribution in [0.25, 0.3) is 27.5 Å². The smallest absolute Gasteiger partial charge is 0.270 e. The van der Waals surface area contributed by atoms with Crippen molar-refractivity contribution in [1.29, 1.82) is 0 Å². The first-order chi connectivity index (χ1) is 14.3. The second-order valence-corrected chi connectivity index (χ2v) is 7.33. The molecule has 7 heteroatoms. The lowest BCUT2D eigenvalue weighted by molar-refractivity contribution is 0.103. The number of anilines is 1. The van der Waals surface area contributed by atoms with Gasteiger partial charge in [-0.1, -0.05) is 66.7 Å². The summed E-state index contributed by atoms with van der Waals surface area (Å²) in [5.74, 6) is 0.112. The van der Waals surface area contributed by atoms with Crippen molar-refractivity contribution in [2.45, 2.75) is 0 Å². The zero-order valence-corrected chi connectivity index (χ0v) is 16.0. The number of nitrogens with zero attached hydrogens (tertiary/aromatic N) is 4. The molecule has 3 heterocycles. The van der Waals surface area contributed by atoms with Crippen LogP contribution < -0.4 is 5.32 Å². The van der Waals surface area contributed by atoms with Crippen LogP contribution in [0.2, 0.25) is 0 Å². The van der Waals surface area contributed by atoms with Crippen LogP contribution in [0.4, 0.5) is 5.95 Å². The number of carbonyl (C=O) groups is 1. The first-order valence-corrected chi connectivity index (χ1v) is 9.84. The highest BCUT2D eigenvalue weighted by molar-refractivity contribution is 7.17. The SMILES string of the molecule is O=C(Nc1nnc2ccccn12)c1sc(-c2ccccc2)nc1-c1ccccc1. The molecule has 5 rings (SSSR count). The van der Waals surface area contributed by atoms with Gasteiger partial charge in [-0.15, -0.1) is 21.5 Å². The summed E-state index contributed by atoms with van der Waals surface area (Å²) in [5, 5.41) is 11.8. The third-order valence-corrected chi connectivity index (χ3v) is 5.54. The van der Waals surface area contributed by atoms with Gasteiger partial charge in [-0.2, -0.15) is 0 Å². The van der Waals surface area contributed by atoms with Gasteiger partial charge < -0.3 is 0 Å². The predicted molar refractivity (Wildman–Crippen MR) is 114 cm³/mol. The number of amides is 1. The zero-order valence-electron chi connectivity index (χ0n) is 15.2. The minimum atomic E-state index is -0.262. The van der Waals surface area contributed by atoms with Crippen LogP contribution in [0.5, 0.6) is 0 Å². The van der Waals surface area contributed by atoms with Gasteiger partial charge in [0.2, 0.25) is 5.95 Å². The van der Waals surface area contributed by atoms with Crippen molar-refractivity contribution in [3.8, 4) is 21.8 Å². The van der Waals surface area contributed by atoms with E-state index in [0.29, 0.717) is 22.2 Å². The minimum Gasteiger partial charge on any atom is -0.289 e. The number of thiazole rings is 1. The number of aromatic nitrogens is 4. The second-order valence-electron chi connectivity index (χ2n) is 6.34. The van der Waals surface area contributed by atoms with Crippen molar-refractivity contribution in [3.05, 3.63) is 89.9 Å². The molecule has 2 aromatic carbocycles. The Bertz CT molecular complexity index is 1290. The highest BCUT2D eigenvalue weighted by atomic mass is 32.1. The average molecular weight is 397 g/mol. The number of hydrogen-bond acceptors (Lipinski definition) is 5. The van der Waals surface area contributed by atoms with E-state index in [2.05, 4.69) is 15.5 Å². The van der Waals surface area contributed by atoms with Crippen LogP contribution in [0, 0.1) is 0 Å². The Labute approximate surface area is 170 Å². The number of rotatable bonds is 4. The molecule has 0 fully saturated rings. The van der Waals surface area contributed by atoms with E-state index < -0.39 is 0 Å². The molecule has 1 amide bonds. The molecule has 0 saturated heterocycles. The molecule has 0 aliphatic carbocycles.